The number of aromatic nitrogens is 1. The van der Waals surface area contributed by atoms with E-state index in [1.807, 2.05) is 24.3 Å². The number of benzene rings is 2. The van der Waals surface area contributed by atoms with E-state index in [1.165, 1.54) is 16.8 Å². The summed E-state index contributed by atoms with van der Waals surface area (Å²) in [6.45, 7) is 2.81. The van der Waals surface area contributed by atoms with Gasteiger partial charge in [0.25, 0.3) is 0 Å². The Kier molecular flexibility index (Phi) is 4.12. The maximum Gasteiger partial charge on any atom is 0.248 e. The summed E-state index contributed by atoms with van der Waals surface area (Å²) >= 11 is 0. The van der Waals surface area contributed by atoms with Crippen molar-refractivity contribution in [3.05, 3.63) is 95.3 Å². The third-order valence-corrected chi connectivity index (χ3v) is 4.88. The average Bonchev–Trinajstić information content (AvgIpc) is 3.11. The second kappa shape index (κ2) is 6.57. The standard InChI is InChI=1S/C21H21N3O/c22-21(25)18-10-8-16(9-11-18)15-24-14-13-23-12-4-7-19(23)20(24)17-5-2-1-3-6-17/h1-12,20H,13-15H2,(H2,22,25)/t20-/m0/s1. The summed E-state index contributed by atoms with van der Waals surface area (Å²) < 4.78 is 2.34. The molecule has 126 valence electrons. The largest absolute Gasteiger partial charge is 0.366 e. The van der Waals surface area contributed by atoms with E-state index in [0.717, 1.165) is 19.6 Å². The number of amides is 1. The molecule has 1 aliphatic heterocycles. The Bertz CT molecular complexity index is 868. The van der Waals surface area contributed by atoms with Crippen molar-refractivity contribution < 1.29 is 4.79 Å². The molecule has 0 bridgehead atoms. The van der Waals surface area contributed by atoms with Crippen LogP contribution in [0.15, 0.2) is 72.9 Å². The van der Waals surface area contributed by atoms with E-state index < -0.39 is 0 Å². The van der Waals surface area contributed by atoms with Crippen LogP contribution < -0.4 is 5.73 Å². The molecule has 0 saturated heterocycles. The number of nitrogens with zero attached hydrogens (tertiary/aromatic N) is 2. The van der Waals surface area contributed by atoms with Crippen molar-refractivity contribution in [1.29, 1.82) is 0 Å². The summed E-state index contributed by atoms with van der Waals surface area (Å²) in [6.07, 6.45) is 2.16. The fraction of sp³-hybridized carbons (Fsp3) is 0.190. The van der Waals surface area contributed by atoms with Crippen LogP contribution in [0.1, 0.15) is 33.2 Å². The van der Waals surface area contributed by atoms with E-state index in [1.54, 1.807) is 0 Å². The molecule has 2 N–H and O–H groups in total. The lowest BCUT2D eigenvalue weighted by Crippen LogP contribution is -2.37. The molecule has 4 heteroatoms. The minimum atomic E-state index is -0.385. The molecule has 1 aromatic heterocycles. The maximum absolute atomic E-state index is 11.3. The van der Waals surface area contributed by atoms with Gasteiger partial charge in [0, 0.05) is 37.1 Å². The third kappa shape index (κ3) is 3.08. The summed E-state index contributed by atoms with van der Waals surface area (Å²) in [5.74, 6) is -0.385. The highest BCUT2D eigenvalue weighted by atomic mass is 16.1. The van der Waals surface area contributed by atoms with E-state index in [4.69, 9.17) is 5.73 Å². The zero-order valence-corrected chi connectivity index (χ0v) is 14.0. The van der Waals surface area contributed by atoms with Gasteiger partial charge in [-0.05, 0) is 35.4 Å². The summed E-state index contributed by atoms with van der Waals surface area (Å²) in [4.78, 5) is 13.7. The van der Waals surface area contributed by atoms with Crippen LogP contribution in [-0.2, 0) is 13.1 Å². The first kappa shape index (κ1) is 15.7. The van der Waals surface area contributed by atoms with E-state index in [0.29, 0.717) is 5.56 Å². The molecule has 1 atom stereocenters. The number of nitrogens with two attached hydrogens (primary N) is 1. The average molecular weight is 331 g/mol. The molecular formula is C21H21N3O. The van der Waals surface area contributed by atoms with Crippen molar-refractivity contribution in [3.63, 3.8) is 0 Å². The van der Waals surface area contributed by atoms with Gasteiger partial charge in [-0.1, -0.05) is 42.5 Å². The van der Waals surface area contributed by atoms with E-state index in [2.05, 4.69) is 58.1 Å². The van der Waals surface area contributed by atoms with Crippen LogP contribution in [0.4, 0.5) is 0 Å². The lowest BCUT2D eigenvalue weighted by atomic mass is 9.99. The van der Waals surface area contributed by atoms with E-state index in [9.17, 15) is 4.79 Å². The van der Waals surface area contributed by atoms with Gasteiger partial charge in [-0.15, -0.1) is 0 Å². The van der Waals surface area contributed by atoms with Crippen molar-refractivity contribution in [2.24, 2.45) is 5.73 Å². The Hall–Kier alpha value is -2.85. The molecule has 0 radical (unpaired) electrons. The van der Waals surface area contributed by atoms with Gasteiger partial charge in [0.2, 0.25) is 5.91 Å². The number of carbonyl (C=O) groups excluding carboxylic acids is 1. The summed E-state index contributed by atoms with van der Waals surface area (Å²) in [6, 6.07) is 22.8. The number of carbonyl (C=O) groups is 1. The number of fused-ring (bicyclic) bond motifs is 1. The van der Waals surface area contributed by atoms with Crippen LogP contribution in [0.25, 0.3) is 0 Å². The first-order valence-corrected chi connectivity index (χ1v) is 8.55. The van der Waals surface area contributed by atoms with Gasteiger partial charge < -0.3 is 10.3 Å². The Balaban J connectivity index is 1.65. The molecule has 0 fully saturated rings. The molecule has 3 aromatic rings. The molecule has 1 amide bonds. The van der Waals surface area contributed by atoms with Gasteiger partial charge in [-0.25, -0.2) is 0 Å². The molecule has 25 heavy (non-hydrogen) atoms. The van der Waals surface area contributed by atoms with Crippen LogP contribution in [0, 0.1) is 0 Å². The van der Waals surface area contributed by atoms with Crippen LogP contribution in [0.3, 0.4) is 0 Å². The number of hydrogen-bond donors (Lipinski definition) is 1. The molecule has 4 nitrogen and oxygen atoms in total. The van der Waals surface area contributed by atoms with Crippen LogP contribution in [0.5, 0.6) is 0 Å². The first-order chi connectivity index (χ1) is 12.2. The number of hydrogen-bond acceptors (Lipinski definition) is 2. The van der Waals surface area contributed by atoms with Crippen molar-refractivity contribution in [3.8, 4) is 0 Å². The fourth-order valence-corrected chi connectivity index (χ4v) is 3.63. The molecule has 1 aliphatic rings. The zero-order chi connectivity index (χ0) is 17.2. The molecule has 2 heterocycles. The van der Waals surface area contributed by atoms with Crippen LogP contribution >= 0.6 is 0 Å². The summed E-state index contributed by atoms with van der Waals surface area (Å²) in [5.41, 5.74) is 9.70. The lowest BCUT2D eigenvalue weighted by Gasteiger charge is -2.37. The molecule has 0 aliphatic carbocycles. The second-order valence-corrected chi connectivity index (χ2v) is 6.47. The predicted octanol–water partition coefficient (Wildman–Crippen LogP) is 3.19. The lowest BCUT2D eigenvalue weighted by molar-refractivity contribution is 0.1000. The van der Waals surface area contributed by atoms with Crippen LogP contribution in [-0.4, -0.2) is 21.9 Å². The van der Waals surface area contributed by atoms with Gasteiger partial charge in [0.05, 0.1) is 6.04 Å². The van der Waals surface area contributed by atoms with Gasteiger partial charge in [-0.3, -0.25) is 9.69 Å². The van der Waals surface area contributed by atoms with Crippen molar-refractivity contribution in [1.82, 2.24) is 9.47 Å². The second-order valence-electron chi connectivity index (χ2n) is 6.47. The Morgan fingerprint density at radius 1 is 0.960 bits per heavy atom. The molecule has 0 spiro atoms. The molecular weight excluding hydrogens is 310 g/mol. The third-order valence-electron chi connectivity index (χ3n) is 4.88. The minimum absolute atomic E-state index is 0.237. The Morgan fingerprint density at radius 2 is 1.72 bits per heavy atom. The van der Waals surface area contributed by atoms with Gasteiger partial charge in [-0.2, -0.15) is 0 Å². The zero-order valence-electron chi connectivity index (χ0n) is 14.0. The van der Waals surface area contributed by atoms with Crippen molar-refractivity contribution in [2.75, 3.05) is 6.54 Å². The first-order valence-electron chi connectivity index (χ1n) is 8.55. The monoisotopic (exact) mass is 331 g/mol. The predicted molar refractivity (Wildman–Crippen MR) is 98.1 cm³/mol. The highest BCUT2D eigenvalue weighted by Gasteiger charge is 2.28. The van der Waals surface area contributed by atoms with Crippen LogP contribution in [0.2, 0.25) is 0 Å². The van der Waals surface area contributed by atoms with Crippen molar-refractivity contribution in [2.45, 2.75) is 19.1 Å². The number of primary amides is 1. The summed E-state index contributed by atoms with van der Waals surface area (Å²) in [7, 11) is 0. The Morgan fingerprint density at radius 3 is 2.44 bits per heavy atom. The van der Waals surface area contributed by atoms with Gasteiger partial charge >= 0.3 is 0 Å². The fourth-order valence-electron chi connectivity index (χ4n) is 3.63. The summed E-state index contributed by atoms with van der Waals surface area (Å²) in [5, 5.41) is 0. The molecule has 0 unspecified atom stereocenters. The number of rotatable bonds is 4. The molecule has 0 saturated carbocycles. The SMILES string of the molecule is NC(=O)c1ccc(CN2CCn3cccc3[C@@H]2c2ccccc2)cc1. The Labute approximate surface area is 147 Å². The minimum Gasteiger partial charge on any atom is -0.366 e. The van der Waals surface area contributed by atoms with Crippen molar-refractivity contribution >= 4 is 5.91 Å². The smallest absolute Gasteiger partial charge is 0.248 e. The highest BCUT2D eigenvalue weighted by molar-refractivity contribution is 5.92. The van der Waals surface area contributed by atoms with Gasteiger partial charge in [0.15, 0.2) is 0 Å². The molecule has 4 rings (SSSR count). The molecule has 2 aromatic carbocycles. The maximum atomic E-state index is 11.3. The quantitative estimate of drug-likeness (QED) is 0.798. The highest BCUT2D eigenvalue weighted by Crippen LogP contribution is 2.33. The van der Waals surface area contributed by atoms with E-state index in [-0.39, 0.29) is 11.9 Å². The topological polar surface area (TPSA) is 51.3 Å². The van der Waals surface area contributed by atoms with Gasteiger partial charge in [0.1, 0.15) is 0 Å². The normalized spacial score (nSPS) is 17.2. The van der Waals surface area contributed by atoms with E-state index >= 15 is 0 Å².